The maximum atomic E-state index is 11.8. The molecule has 0 radical (unpaired) electrons. The number of carbonyl (C=O) groups is 1. The summed E-state index contributed by atoms with van der Waals surface area (Å²) in [5.41, 5.74) is -0.596. The van der Waals surface area contributed by atoms with Gasteiger partial charge in [0.05, 0.1) is 6.10 Å². The van der Waals surface area contributed by atoms with Gasteiger partial charge in [0.2, 0.25) is 0 Å². The van der Waals surface area contributed by atoms with Crippen molar-refractivity contribution in [2.24, 2.45) is 0 Å². The molecule has 0 saturated carbocycles. The van der Waals surface area contributed by atoms with Crippen LogP contribution in [0.3, 0.4) is 0 Å². The summed E-state index contributed by atoms with van der Waals surface area (Å²) in [6.07, 6.45) is 1.99. The maximum absolute atomic E-state index is 11.8. The number of carbonyl (C=O) groups excluding carboxylic acids is 1. The molecule has 0 aliphatic heterocycles. The van der Waals surface area contributed by atoms with Crippen molar-refractivity contribution in [2.45, 2.75) is 72.1 Å². The highest BCUT2D eigenvalue weighted by Crippen LogP contribution is 2.11. The first kappa shape index (κ1) is 14.4. The van der Waals surface area contributed by atoms with Crippen molar-refractivity contribution in [2.75, 3.05) is 0 Å². The smallest absolute Gasteiger partial charge is 0.326 e. The predicted octanol–water partition coefficient (Wildman–Crippen LogP) is 2.49. The molecule has 0 amide bonds. The third kappa shape index (κ3) is 5.17. The van der Waals surface area contributed by atoms with Gasteiger partial charge < -0.3 is 4.74 Å². The Bertz CT molecular complexity index is 196. The lowest BCUT2D eigenvalue weighted by atomic mass is 10.0. The number of hydrogen-bond donors (Lipinski definition) is 1. The van der Waals surface area contributed by atoms with E-state index in [1.54, 1.807) is 0 Å². The average Bonchev–Trinajstić information content (AvgIpc) is 2.13. The lowest BCUT2D eigenvalue weighted by Gasteiger charge is -2.29. The van der Waals surface area contributed by atoms with Gasteiger partial charge in [0.15, 0.2) is 0 Å². The van der Waals surface area contributed by atoms with Crippen LogP contribution in [0.1, 0.15) is 54.4 Å². The maximum Gasteiger partial charge on any atom is 0.326 e. The van der Waals surface area contributed by atoms with Crippen molar-refractivity contribution in [1.82, 2.24) is 5.32 Å². The quantitative estimate of drug-likeness (QED) is 0.692. The molecule has 15 heavy (non-hydrogen) atoms. The van der Waals surface area contributed by atoms with Crippen molar-refractivity contribution < 1.29 is 9.53 Å². The van der Waals surface area contributed by atoms with Crippen LogP contribution in [0, 0.1) is 0 Å². The van der Waals surface area contributed by atoms with E-state index >= 15 is 0 Å². The van der Waals surface area contributed by atoms with Crippen molar-refractivity contribution in [3.63, 3.8) is 0 Å². The third-order valence-electron chi connectivity index (χ3n) is 2.40. The van der Waals surface area contributed by atoms with Gasteiger partial charge in [-0.2, -0.15) is 0 Å². The van der Waals surface area contributed by atoms with Crippen LogP contribution >= 0.6 is 0 Å². The monoisotopic (exact) mass is 215 g/mol. The molecular weight excluding hydrogens is 190 g/mol. The molecule has 1 N–H and O–H groups in total. The number of rotatable bonds is 6. The van der Waals surface area contributed by atoms with E-state index in [9.17, 15) is 4.79 Å². The number of ether oxygens (including phenoxy) is 1. The molecular formula is C12H25NO2. The van der Waals surface area contributed by atoms with Gasteiger partial charge in [-0.05, 0) is 40.5 Å². The largest absolute Gasteiger partial charge is 0.462 e. The minimum Gasteiger partial charge on any atom is -0.462 e. The Labute approximate surface area is 93.6 Å². The minimum absolute atomic E-state index is 0.0553. The van der Waals surface area contributed by atoms with Gasteiger partial charge in [0.1, 0.15) is 5.54 Å². The van der Waals surface area contributed by atoms with Crippen LogP contribution in [0.25, 0.3) is 0 Å². The molecule has 0 bridgehead atoms. The zero-order valence-electron chi connectivity index (χ0n) is 10.9. The topological polar surface area (TPSA) is 38.3 Å². The van der Waals surface area contributed by atoms with Crippen LogP contribution in [0.4, 0.5) is 0 Å². The zero-order chi connectivity index (χ0) is 12.1. The summed E-state index contributed by atoms with van der Waals surface area (Å²) in [6, 6.07) is 0.375. The predicted molar refractivity (Wildman–Crippen MR) is 62.8 cm³/mol. The Balaban J connectivity index is 4.32. The number of esters is 1. The summed E-state index contributed by atoms with van der Waals surface area (Å²) in [6.45, 7) is 11.7. The molecule has 0 aromatic rings. The molecule has 3 heteroatoms. The van der Waals surface area contributed by atoms with Crippen LogP contribution in [0.15, 0.2) is 0 Å². The molecule has 0 aliphatic carbocycles. The normalized spacial score (nSPS) is 12.3. The van der Waals surface area contributed by atoms with Gasteiger partial charge in [0.25, 0.3) is 0 Å². The van der Waals surface area contributed by atoms with Gasteiger partial charge in [-0.1, -0.05) is 13.8 Å². The molecule has 0 atom stereocenters. The lowest BCUT2D eigenvalue weighted by molar-refractivity contribution is -0.154. The first-order valence-corrected chi connectivity index (χ1v) is 5.82. The Morgan fingerprint density at radius 2 is 1.73 bits per heavy atom. The molecule has 0 aliphatic rings. The van der Waals surface area contributed by atoms with Gasteiger partial charge in [-0.25, -0.2) is 0 Å². The van der Waals surface area contributed by atoms with E-state index in [4.69, 9.17) is 4.74 Å². The molecule has 0 spiro atoms. The molecule has 0 unspecified atom stereocenters. The fourth-order valence-corrected chi connectivity index (χ4v) is 1.42. The van der Waals surface area contributed by atoms with E-state index < -0.39 is 5.54 Å². The zero-order valence-corrected chi connectivity index (χ0v) is 10.9. The van der Waals surface area contributed by atoms with Crippen LogP contribution in [-0.2, 0) is 9.53 Å². The average molecular weight is 215 g/mol. The van der Waals surface area contributed by atoms with Gasteiger partial charge >= 0.3 is 5.97 Å². The molecule has 0 saturated heterocycles. The van der Waals surface area contributed by atoms with Gasteiger partial charge in [-0.3, -0.25) is 10.1 Å². The SMILES string of the molecule is CCC(CC)NC(C)(C)C(=O)OC(C)C. The fraction of sp³-hybridized carbons (Fsp3) is 0.917. The minimum atomic E-state index is -0.596. The highest BCUT2D eigenvalue weighted by molar-refractivity contribution is 5.79. The summed E-state index contributed by atoms with van der Waals surface area (Å²) in [5.74, 6) is -0.176. The highest BCUT2D eigenvalue weighted by Gasteiger charge is 2.31. The third-order valence-corrected chi connectivity index (χ3v) is 2.40. The molecule has 0 aromatic heterocycles. The van der Waals surface area contributed by atoms with Gasteiger partial charge in [-0.15, -0.1) is 0 Å². The van der Waals surface area contributed by atoms with Crippen LogP contribution in [0.2, 0.25) is 0 Å². The second-order valence-corrected chi connectivity index (χ2v) is 4.74. The Kier molecular flexibility index (Phi) is 5.88. The van der Waals surface area contributed by atoms with E-state index in [0.717, 1.165) is 12.8 Å². The summed E-state index contributed by atoms with van der Waals surface area (Å²) in [5, 5.41) is 3.32. The van der Waals surface area contributed by atoms with Crippen molar-refractivity contribution >= 4 is 5.97 Å². The van der Waals surface area contributed by atoms with Crippen LogP contribution in [0.5, 0.6) is 0 Å². The van der Waals surface area contributed by atoms with E-state index in [1.807, 2.05) is 27.7 Å². The number of nitrogens with one attached hydrogen (secondary N) is 1. The Morgan fingerprint density at radius 3 is 2.07 bits per heavy atom. The second kappa shape index (κ2) is 6.11. The summed E-state index contributed by atoms with van der Waals surface area (Å²) >= 11 is 0. The Hall–Kier alpha value is -0.570. The Morgan fingerprint density at radius 1 is 1.27 bits per heavy atom. The highest BCUT2D eigenvalue weighted by atomic mass is 16.5. The second-order valence-electron chi connectivity index (χ2n) is 4.74. The molecule has 0 heterocycles. The van der Waals surface area contributed by atoms with Crippen molar-refractivity contribution in [3.8, 4) is 0 Å². The summed E-state index contributed by atoms with van der Waals surface area (Å²) < 4.78 is 5.20. The van der Waals surface area contributed by atoms with Gasteiger partial charge in [0, 0.05) is 6.04 Å². The van der Waals surface area contributed by atoms with E-state index in [0.29, 0.717) is 6.04 Å². The van der Waals surface area contributed by atoms with Crippen molar-refractivity contribution in [3.05, 3.63) is 0 Å². The first-order valence-electron chi connectivity index (χ1n) is 5.82. The molecule has 0 fully saturated rings. The van der Waals surface area contributed by atoms with Crippen LogP contribution < -0.4 is 5.32 Å². The fourth-order valence-electron chi connectivity index (χ4n) is 1.42. The lowest BCUT2D eigenvalue weighted by Crippen LogP contribution is -2.52. The van der Waals surface area contributed by atoms with E-state index in [-0.39, 0.29) is 12.1 Å². The first-order chi connectivity index (χ1) is 6.83. The number of hydrogen-bond acceptors (Lipinski definition) is 3. The molecule has 0 aromatic carbocycles. The molecule has 0 rings (SSSR count). The molecule has 3 nitrogen and oxygen atoms in total. The van der Waals surface area contributed by atoms with Crippen molar-refractivity contribution in [1.29, 1.82) is 0 Å². The van der Waals surface area contributed by atoms with Crippen LogP contribution in [-0.4, -0.2) is 23.7 Å². The van der Waals surface area contributed by atoms with E-state index in [2.05, 4.69) is 19.2 Å². The standard InChI is InChI=1S/C12H25NO2/c1-7-10(8-2)13-12(5,6)11(14)15-9(3)4/h9-10,13H,7-8H2,1-6H3. The summed E-state index contributed by atoms with van der Waals surface area (Å²) in [7, 11) is 0. The summed E-state index contributed by atoms with van der Waals surface area (Å²) in [4.78, 5) is 11.8. The molecule has 90 valence electrons. The van der Waals surface area contributed by atoms with E-state index in [1.165, 1.54) is 0 Å².